The first-order valence-electron chi connectivity index (χ1n) is 6.26. The average molecular weight is 300 g/mol. The van der Waals surface area contributed by atoms with Crippen LogP contribution in [-0.2, 0) is 9.36 Å². The van der Waals surface area contributed by atoms with Crippen LogP contribution in [0.4, 0.5) is 0 Å². The molecule has 0 aromatic heterocycles. The quantitative estimate of drug-likeness (QED) is 0.207. The summed E-state index contributed by atoms with van der Waals surface area (Å²) >= 11 is 0. The second-order valence-corrected chi connectivity index (χ2v) is 7.54. The van der Waals surface area contributed by atoms with Gasteiger partial charge in [-0.15, -0.1) is 0 Å². The number of carbonyl (C=O) groups excluding carboxylic acids is 1. The van der Waals surface area contributed by atoms with E-state index in [1.54, 1.807) is 7.05 Å². The van der Waals surface area contributed by atoms with Crippen LogP contribution in [0.25, 0.3) is 0 Å². The van der Waals surface area contributed by atoms with Crippen LogP contribution in [0.5, 0.6) is 0 Å². The van der Waals surface area contributed by atoms with E-state index in [4.69, 9.17) is 0 Å². The van der Waals surface area contributed by atoms with Crippen molar-refractivity contribution in [3.05, 3.63) is 0 Å². The maximum absolute atomic E-state index is 11.9. The van der Waals surface area contributed by atoms with Crippen molar-refractivity contribution in [3.63, 3.8) is 0 Å². The van der Waals surface area contributed by atoms with Gasteiger partial charge in [0.2, 0.25) is 5.91 Å². The predicted molar refractivity (Wildman–Crippen MR) is 66.2 cm³/mol. The van der Waals surface area contributed by atoms with E-state index in [0.717, 1.165) is 38.8 Å². The topological polar surface area (TPSA) is 83.9 Å². The molecule has 0 aromatic carbocycles. The molecule has 0 spiro atoms. The molecule has 1 saturated carbocycles. The van der Waals surface area contributed by atoms with Gasteiger partial charge in [0.05, 0.1) is 0 Å². The van der Waals surface area contributed by atoms with Gasteiger partial charge >= 0.3 is 29.6 Å². The van der Waals surface area contributed by atoms with Gasteiger partial charge in [-0.1, -0.05) is 19.3 Å². The zero-order valence-corrected chi connectivity index (χ0v) is 14.9. The number of amides is 1. The summed E-state index contributed by atoms with van der Waals surface area (Å²) in [7, 11) is -1.85. The van der Waals surface area contributed by atoms with E-state index in [0.29, 0.717) is 5.06 Å². The second kappa shape index (κ2) is 8.78. The van der Waals surface area contributed by atoms with Gasteiger partial charge in [0.25, 0.3) is 0 Å². The Balaban J connectivity index is 0.00000324. The van der Waals surface area contributed by atoms with Crippen molar-refractivity contribution in [2.45, 2.75) is 32.1 Å². The molecular weight excluding hydrogens is 278 g/mol. The molecule has 0 heterocycles. The molecular formula is C11H22N2NaO4P. The molecule has 1 aliphatic rings. The molecule has 1 fully saturated rings. The maximum Gasteiger partial charge on any atom is 1.00 e. The van der Waals surface area contributed by atoms with Crippen LogP contribution in [0.2, 0.25) is 0 Å². The van der Waals surface area contributed by atoms with Crippen molar-refractivity contribution in [1.82, 2.24) is 9.96 Å². The minimum atomic E-state index is -3.41. The third-order valence-electron chi connectivity index (χ3n) is 3.08. The van der Waals surface area contributed by atoms with Gasteiger partial charge < -0.3 is 9.46 Å². The van der Waals surface area contributed by atoms with Gasteiger partial charge in [-0.3, -0.25) is 14.9 Å². The Bertz CT molecular complexity index is 331. The van der Waals surface area contributed by atoms with E-state index in [9.17, 15) is 19.5 Å². The first-order valence-corrected chi connectivity index (χ1v) is 8.51. The summed E-state index contributed by atoms with van der Waals surface area (Å²) in [6, 6.07) is 0. The van der Waals surface area contributed by atoms with E-state index in [-0.39, 0.29) is 54.3 Å². The van der Waals surface area contributed by atoms with Crippen molar-refractivity contribution in [3.8, 4) is 0 Å². The van der Waals surface area contributed by atoms with Crippen LogP contribution in [0.3, 0.4) is 0 Å². The van der Waals surface area contributed by atoms with E-state index < -0.39 is 7.37 Å². The fourth-order valence-electron chi connectivity index (χ4n) is 2.34. The number of carbonyl (C=O) groups is 1. The average Bonchev–Trinajstić information content (AvgIpc) is 2.26. The third-order valence-corrected chi connectivity index (χ3v) is 4.08. The normalized spacial score (nSPS) is 19.6. The Labute approximate surface area is 136 Å². The van der Waals surface area contributed by atoms with Crippen molar-refractivity contribution in [1.29, 1.82) is 0 Å². The molecule has 8 heteroatoms. The SMILES string of the molecule is CN(CN(O)C(=O)C1CCCCC1)CP(C)(=O)[O-].[Na+]. The summed E-state index contributed by atoms with van der Waals surface area (Å²) in [6.45, 7) is 1.07. The van der Waals surface area contributed by atoms with E-state index >= 15 is 0 Å². The summed E-state index contributed by atoms with van der Waals surface area (Å²) in [5.41, 5.74) is 0. The molecule has 6 nitrogen and oxygen atoms in total. The van der Waals surface area contributed by atoms with Crippen molar-refractivity contribution in [2.24, 2.45) is 5.92 Å². The number of nitrogens with zero attached hydrogens (tertiary/aromatic N) is 2. The molecule has 1 atom stereocenters. The summed E-state index contributed by atoms with van der Waals surface area (Å²) in [4.78, 5) is 24.4. The Kier molecular flexibility index (Phi) is 9.04. The summed E-state index contributed by atoms with van der Waals surface area (Å²) in [5, 5.41) is 10.3. The molecule has 0 radical (unpaired) electrons. The van der Waals surface area contributed by atoms with Gasteiger partial charge in [0.15, 0.2) is 0 Å². The van der Waals surface area contributed by atoms with Gasteiger partial charge in [-0.05, 0) is 26.6 Å². The Morgan fingerprint density at radius 3 is 2.37 bits per heavy atom. The first kappa shape index (κ1) is 19.6. The number of hydroxylamine groups is 2. The molecule has 0 saturated heterocycles. The Hall–Kier alpha value is 0.580. The Morgan fingerprint density at radius 2 is 1.89 bits per heavy atom. The van der Waals surface area contributed by atoms with Crippen LogP contribution in [0, 0.1) is 5.92 Å². The van der Waals surface area contributed by atoms with E-state index in [1.165, 1.54) is 4.90 Å². The molecule has 1 aliphatic carbocycles. The van der Waals surface area contributed by atoms with Gasteiger partial charge in [-0.25, -0.2) is 5.06 Å². The smallest absolute Gasteiger partial charge is 0.799 e. The monoisotopic (exact) mass is 300 g/mol. The first-order chi connectivity index (χ1) is 8.29. The molecule has 0 aromatic rings. The van der Waals surface area contributed by atoms with Gasteiger partial charge in [0.1, 0.15) is 6.67 Å². The molecule has 1 N–H and O–H groups in total. The molecule has 1 rings (SSSR count). The van der Waals surface area contributed by atoms with Crippen LogP contribution < -0.4 is 34.5 Å². The van der Waals surface area contributed by atoms with Crippen molar-refractivity contribution < 1.29 is 49.0 Å². The number of rotatable bonds is 5. The zero-order valence-electron chi connectivity index (χ0n) is 12.0. The molecule has 106 valence electrons. The predicted octanol–water partition coefficient (Wildman–Crippen LogP) is -2.10. The van der Waals surface area contributed by atoms with Crippen LogP contribution in [0.1, 0.15) is 32.1 Å². The zero-order chi connectivity index (χ0) is 13.8. The third kappa shape index (κ3) is 7.81. The Morgan fingerprint density at radius 1 is 1.37 bits per heavy atom. The van der Waals surface area contributed by atoms with Crippen molar-refractivity contribution >= 4 is 13.3 Å². The molecule has 19 heavy (non-hydrogen) atoms. The van der Waals surface area contributed by atoms with Crippen LogP contribution >= 0.6 is 7.37 Å². The minimum Gasteiger partial charge on any atom is -0.799 e. The fraction of sp³-hybridized carbons (Fsp3) is 0.909. The fourth-order valence-corrected chi connectivity index (χ4v) is 3.31. The van der Waals surface area contributed by atoms with Gasteiger partial charge in [0, 0.05) is 19.6 Å². The van der Waals surface area contributed by atoms with E-state index in [2.05, 4.69) is 0 Å². The summed E-state index contributed by atoms with van der Waals surface area (Å²) in [6.07, 6.45) is 4.66. The second-order valence-electron chi connectivity index (χ2n) is 5.23. The molecule has 0 bridgehead atoms. The van der Waals surface area contributed by atoms with E-state index in [1.807, 2.05) is 0 Å². The largest absolute Gasteiger partial charge is 1.00 e. The number of hydrogen-bond donors (Lipinski definition) is 1. The van der Waals surface area contributed by atoms with Gasteiger partial charge in [-0.2, -0.15) is 0 Å². The summed E-state index contributed by atoms with van der Waals surface area (Å²) in [5.74, 6) is -0.406. The van der Waals surface area contributed by atoms with Crippen molar-refractivity contribution in [2.75, 3.05) is 26.7 Å². The molecule has 1 unspecified atom stereocenters. The number of hydrogen-bond acceptors (Lipinski definition) is 5. The maximum atomic E-state index is 11.9. The molecule has 0 aliphatic heterocycles. The van der Waals surface area contributed by atoms with Crippen LogP contribution in [-0.4, -0.2) is 47.7 Å². The molecule has 1 amide bonds. The standard InChI is InChI=1S/C11H23N2O4P.Na/c1-12(9-18(2,16)17)8-13(15)11(14)10-6-4-3-5-7-10;/h10,15H,3-9H2,1-2H3,(H,16,17);/q;+1/p-1. The van der Waals surface area contributed by atoms with Crippen LogP contribution in [0.15, 0.2) is 0 Å². The summed E-state index contributed by atoms with van der Waals surface area (Å²) < 4.78 is 11.1. The minimum absolute atomic E-state index is 0.